The van der Waals surface area contributed by atoms with E-state index in [1.165, 1.54) is 4.90 Å². The lowest BCUT2D eigenvalue weighted by Gasteiger charge is -2.28. The average molecular weight is 309 g/mol. The largest absolute Gasteiger partial charge is 0.482 e. The zero-order valence-electron chi connectivity index (χ0n) is 12.3. The number of ether oxygens (including phenoxy) is 1. The molecule has 0 fully saturated rings. The van der Waals surface area contributed by atoms with E-state index in [9.17, 15) is 9.59 Å². The lowest BCUT2D eigenvalue weighted by Crippen LogP contribution is -2.44. The molecule has 0 saturated heterocycles. The Balaban J connectivity index is 1.64. The van der Waals surface area contributed by atoms with Crippen LogP contribution in [0.1, 0.15) is 5.56 Å². The normalized spacial score (nSPS) is 13.6. The molecule has 6 nitrogen and oxygen atoms in total. The number of nitrogens with zero attached hydrogens (tertiary/aromatic N) is 2. The summed E-state index contributed by atoms with van der Waals surface area (Å²) in [5.74, 6) is -0.0409. The first kappa shape index (κ1) is 14.8. The summed E-state index contributed by atoms with van der Waals surface area (Å²) in [6.45, 7) is -0.178. The SMILES string of the molecule is O=C(CN1C(=O)COc2ccccc21)N/N=C/c1ccccc1. The number of anilines is 1. The lowest BCUT2D eigenvalue weighted by atomic mass is 10.2. The molecule has 0 saturated carbocycles. The molecule has 3 rings (SSSR count). The molecule has 1 N–H and O–H groups in total. The third-order valence-electron chi connectivity index (χ3n) is 3.31. The molecular formula is C17H15N3O3. The highest BCUT2D eigenvalue weighted by Gasteiger charge is 2.26. The third kappa shape index (κ3) is 3.55. The first-order valence-electron chi connectivity index (χ1n) is 7.13. The number of nitrogens with one attached hydrogen (secondary N) is 1. The van der Waals surface area contributed by atoms with Gasteiger partial charge in [-0.15, -0.1) is 0 Å². The van der Waals surface area contributed by atoms with E-state index in [2.05, 4.69) is 10.5 Å². The topological polar surface area (TPSA) is 71.0 Å². The van der Waals surface area contributed by atoms with Crippen LogP contribution >= 0.6 is 0 Å². The number of para-hydroxylation sites is 2. The van der Waals surface area contributed by atoms with Crippen LogP contribution in [0.5, 0.6) is 5.75 Å². The fourth-order valence-corrected chi connectivity index (χ4v) is 2.22. The molecule has 0 unspecified atom stereocenters. The van der Waals surface area contributed by atoms with Gasteiger partial charge in [0.15, 0.2) is 6.61 Å². The van der Waals surface area contributed by atoms with Crippen molar-refractivity contribution in [2.24, 2.45) is 5.10 Å². The Kier molecular flexibility index (Phi) is 4.33. The van der Waals surface area contributed by atoms with Gasteiger partial charge in [-0.25, -0.2) is 5.43 Å². The maximum atomic E-state index is 12.0. The average Bonchev–Trinajstić information content (AvgIpc) is 2.58. The third-order valence-corrected chi connectivity index (χ3v) is 3.31. The smallest absolute Gasteiger partial charge is 0.265 e. The van der Waals surface area contributed by atoms with Crippen molar-refractivity contribution >= 4 is 23.7 Å². The zero-order chi connectivity index (χ0) is 16.1. The highest BCUT2D eigenvalue weighted by atomic mass is 16.5. The molecule has 6 heteroatoms. The van der Waals surface area contributed by atoms with Gasteiger partial charge < -0.3 is 4.74 Å². The van der Waals surface area contributed by atoms with Crippen LogP contribution in [0.25, 0.3) is 0 Å². The molecule has 0 bridgehead atoms. The van der Waals surface area contributed by atoms with Gasteiger partial charge in [0.05, 0.1) is 11.9 Å². The Labute approximate surface area is 133 Å². The summed E-state index contributed by atoms with van der Waals surface area (Å²) in [4.78, 5) is 25.4. The van der Waals surface area contributed by atoms with Crippen molar-refractivity contribution in [3.8, 4) is 5.75 Å². The fraction of sp³-hybridized carbons (Fsp3) is 0.118. The van der Waals surface area contributed by atoms with Gasteiger partial charge in [0.2, 0.25) is 0 Å². The standard InChI is InChI=1S/C17H15N3O3/c21-16(19-18-10-13-6-2-1-3-7-13)11-20-14-8-4-5-9-15(14)23-12-17(20)22/h1-10H,11-12H2,(H,19,21)/b18-10+. The first-order valence-corrected chi connectivity index (χ1v) is 7.13. The molecule has 23 heavy (non-hydrogen) atoms. The predicted octanol–water partition coefficient (Wildman–Crippen LogP) is 1.56. The number of benzene rings is 2. The monoisotopic (exact) mass is 309 g/mol. The molecule has 2 aromatic rings. The molecule has 116 valence electrons. The second-order valence-electron chi connectivity index (χ2n) is 4.94. The second-order valence-corrected chi connectivity index (χ2v) is 4.94. The molecule has 1 aliphatic rings. The minimum atomic E-state index is -0.373. The van der Waals surface area contributed by atoms with Gasteiger partial charge in [0.25, 0.3) is 11.8 Å². The van der Waals surface area contributed by atoms with Crippen molar-refractivity contribution < 1.29 is 14.3 Å². The van der Waals surface area contributed by atoms with Crippen molar-refractivity contribution in [1.82, 2.24) is 5.43 Å². The van der Waals surface area contributed by atoms with Crippen LogP contribution in [0.4, 0.5) is 5.69 Å². The molecule has 0 aliphatic carbocycles. The van der Waals surface area contributed by atoms with Crippen LogP contribution in [0, 0.1) is 0 Å². The molecular weight excluding hydrogens is 294 g/mol. The van der Waals surface area contributed by atoms with Gasteiger partial charge in [-0.3, -0.25) is 14.5 Å². The number of hydrogen-bond donors (Lipinski definition) is 1. The van der Waals surface area contributed by atoms with Crippen molar-refractivity contribution in [3.05, 3.63) is 60.2 Å². The predicted molar refractivity (Wildman–Crippen MR) is 86.5 cm³/mol. The molecule has 1 aliphatic heterocycles. The van der Waals surface area contributed by atoms with Crippen LogP contribution in [-0.4, -0.2) is 31.2 Å². The molecule has 2 amide bonds. The molecule has 2 aromatic carbocycles. The number of hydrogen-bond acceptors (Lipinski definition) is 4. The van der Waals surface area contributed by atoms with E-state index in [0.717, 1.165) is 5.56 Å². The lowest BCUT2D eigenvalue weighted by molar-refractivity contribution is -0.125. The van der Waals surface area contributed by atoms with Crippen LogP contribution < -0.4 is 15.1 Å². The summed E-state index contributed by atoms with van der Waals surface area (Å²) < 4.78 is 5.33. The van der Waals surface area contributed by atoms with Crippen LogP contribution in [0.3, 0.4) is 0 Å². The van der Waals surface area contributed by atoms with Gasteiger partial charge in [0, 0.05) is 0 Å². The minimum absolute atomic E-state index is 0.0718. The summed E-state index contributed by atoms with van der Waals surface area (Å²) in [6, 6.07) is 16.5. The summed E-state index contributed by atoms with van der Waals surface area (Å²) in [6.07, 6.45) is 1.55. The van der Waals surface area contributed by atoms with E-state index in [4.69, 9.17) is 4.74 Å². The van der Waals surface area contributed by atoms with E-state index in [1.54, 1.807) is 24.4 Å². The Morgan fingerprint density at radius 1 is 1.17 bits per heavy atom. The van der Waals surface area contributed by atoms with Gasteiger partial charge in [0.1, 0.15) is 12.3 Å². The van der Waals surface area contributed by atoms with Crippen molar-refractivity contribution in [2.75, 3.05) is 18.1 Å². The van der Waals surface area contributed by atoms with Gasteiger partial charge in [-0.2, -0.15) is 5.10 Å². The highest BCUT2D eigenvalue weighted by molar-refractivity contribution is 6.02. The van der Waals surface area contributed by atoms with Crippen molar-refractivity contribution in [1.29, 1.82) is 0 Å². The number of amides is 2. The van der Waals surface area contributed by atoms with Crippen molar-refractivity contribution in [3.63, 3.8) is 0 Å². The Morgan fingerprint density at radius 2 is 1.91 bits per heavy atom. The molecule has 0 atom stereocenters. The summed E-state index contributed by atoms with van der Waals surface area (Å²) >= 11 is 0. The molecule has 0 radical (unpaired) electrons. The van der Waals surface area contributed by atoms with E-state index in [1.807, 2.05) is 36.4 Å². The zero-order valence-corrected chi connectivity index (χ0v) is 12.3. The maximum Gasteiger partial charge on any atom is 0.265 e. The maximum absolute atomic E-state index is 12.0. The Hall–Kier alpha value is -3.15. The molecule has 1 heterocycles. The number of fused-ring (bicyclic) bond motifs is 1. The highest BCUT2D eigenvalue weighted by Crippen LogP contribution is 2.30. The molecule has 0 aromatic heterocycles. The minimum Gasteiger partial charge on any atom is -0.482 e. The number of carbonyl (C=O) groups excluding carboxylic acids is 2. The molecule has 0 spiro atoms. The summed E-state index contributed by atoms with van der Waals surface area (Å²) in [5.41, 5.74) is 3.89. The fourth-order valence-electron chi connectivity index (χ4n) is 2.22. The Bertz CT molecular complexity index is 744. The van der Waals surface area contributed by atoms with Crippen LogP contribution in [0.2, 0.25) is 0 Å². The van der Waals surface area contributed by atoms with E-state index in [-0.39, 0.29) is 25.0 Å². The summed E-state index contributed by atoms with van der Waals surface area (Å²) in [7, 11) is 0. The summed E-state index contributed by atoms with van der Waals surface area (Å²) in [5, 5.41) is 3.89. The second kappa shape index (κ2) is 6.74. The first-order chi connectivity index (χ1) is 11.2. The van der Waals surface area contributed by atoms with E-state index in [0.29, 0.717) is 11.4 Å². The number of carbonyl (C=O) groups is 2. The number of hydrazone groups is 1. The van der Waals surface area contributed by atoms with Gasteiger partial charge in [-0.05, 0) is 17.7 Å². The van der Waals surface area contributed by atoms with E-state index >= 15 is 0 Å². The number of rotatable bonds is 4. The Morgan fingerprint density at radius 3 is 2.74 bits per heavy atom. The van der Waals surface area contributed by atoms with Gasteiger partial charge in [-0.1, -0.05) is 42.5 Å². The quantitative estimate of drug-likeness (QED) is 0.688. The van der Waals surface area contributed by atoms with Crippen molar-refractivity contribution in [2.45, 2.75) is 0 Å². The van der Waals surface area contributed by atoms with Crippen LogP contribution in [0.15, 0.2) is 59.7 Å². The van der Waals surface area contributed by atoms with E-state index < -0.39 is 0 Å². The van der Waals surface area contributed by atoms with Crippen LogP contribution in [-0.2, 0) is 9.59 Å². The van der Waals surface area contributed by atoms with Gasteiger partial charge >= 0.3 is 0 Å².